The van der Waals surface area contributed by atoms with Crippen molar-refractivity contribution in [2.45, 2.75) is 45.2 Å². The number of fused-ring (bicyclic) bond motifs is 1. The number of amides is 1. The van der Waals surface area contributed by atoms with Crippen LogP contribution in [0.15, 0.2) is 42.5 Å². The van der Waals surface area contributed by atoms with Gasteiger partial charge in [0.05, 0.1) is 6.42 Å². The van der Waals surface area contributed by atoms with Crippen molar-refractivity contribution < 1.29 is 4.79 Å². The molecule has 0 radical (unpaired) electrons. The van der Waals surface area contributed by atoms with Gasteiger partial charge >= 0.3 is 0 Å². The third-order valence-electron chi connectivity index (χ3n) is 4.52. The Morgan fingerprint density at radius 1 is 1.09 bits per heavy atom. The summed E-state index contributed by atoms with van der Waals surface area (Å²) in [5.74, 6) is 0.0687. The van der Waals surface area contributed by atoms with Crippen LogP contribution in [0.2, 0.25) is 0 Å². The molecule has 2 aromatic carbocycles. The lowest BCUT2D eigenvalue weighted by Crippen LogP contribution is -2.24. The van der Waals surface area contributed by atoms with Crippen LogP contribution in [0, 0.1) is 0 Å². The molecule has 1 aliphatic rings. The predicted molar refractivity (Wildman–Crippen MR) is 93.1 cm³/mol. The largest absolute Gasteiger partial charge is 0.352 e. The molecule has 0 spiro atoms. The molecule has 1 aliphatic carbocycles. The third kappa shape index (κ3) is 3.99. The lowest BCUT2D eigenvalue weighted by atomic mass is 10.0. The van der Waals surface area contributed by atoms with Crippen LogP contribution in [0.1, 0.15) is 47.2 Å². The number of carbonyl (C=O) groups is 1. The molecule has 0 saturated heterocycles. The molecule has 120 valence electrons. The molecule has 0 aliphatic heterocycles. The summed E-state index contributed by atoms with van der Waals surface area (Å²) in [4.78, 5) is 12.1. The highest BCUT2D eigenvalue weighted by molar-refractivity contribution is 5.78. The van der Waals surface area contributed by atoms with Gasteiger partial charge < -0.3 is 11.1 Å². The first kappa shape index (κ1) is 15.8. The quantitative estimate of drug-likeness (QED) is 0.892. The fourth-order valence-electron chi connectivity index (χ4n) is 3.12. The maximum absolute atomic E-state index is 12.1. The smallest absolute Gasteiger partial charge is 0.224 e. The van der Waals surface area contributed by atoms with E-state index in [1.807, 2.05) is 31.2 Å². The van der Waals surface area contributed by atoms with Crippen LogP contribution in [0.4, 0.5) is 0 Å². The summed E-state index contributed by atoms with van der Waals surface area (Å²) in [6.07, 6.45) is 4.02. The van der Waals surface area contributed by atoms with E-state index in [1.165, 1.54) is 24.0 Å². The zero-order chi connectivity index (χ0) is 16.2. The van der Waals surface area contributed by atoms with Gasteiger partial charge in [0.1, 0.15) is 0 Å². The SMILES string of the molecule is CC(N)c1ccc(CNC(=O)Cc2ccc3c(c2)CCC3)cc1. The van der Waals surface area contributed by atoms with Crippen LogP contribution in [0.5, 0.6) is 0 Å². The molecular formula is C20H24N2O. The third-order valence-corrected chi connectivity index (χ3v) is 4.52. The monoisotopic (exact) mass is 308 g/mol. The standard InChI is InChI=1S/C20H24N2O/c1-14(21)17-8-5-15(6-9-17)13-22-20(23)12-16-7-10-18-3-2-4-19(18)11-16/h5-11,14H,2-4,12-13,21H2,1H3,(H,22,23). The Morgan fingerprint density at radius 2 is 1.78 bits per heavy atom. The number of hydrogen-bond donors (Lipinski definition) is 2. The van der Waals surface area contributed by atoms with Crippen molar-refractivity contribution in [3.63, 3.8) is 0 Å². The van der Waals surface area contributed by atoms with E-state index in [0.717, 1.165) is 23.1 Å². The number of aryl methyl sites for hydroxylation is 2. The summed E-state index contributed by atoms with van der Waals surface area (Å²) in [6.45, 7) is 2.52. The molecular weight excluding hydrogens is 284 g/mol. The summed E-state index contributed by atoms with van der Waals surface area (Å²) in [6, 6.07) is 14.6. The van der Waals surface area contributed by atoms with Crippen molar-refractivity contribution in [3.05, 3.63) is 70.3 Å². The minimum Gasteiger partial charge on any atom is -0.352 e. The molecule has 3 nitrogen and oxygen atoms in total. The molecule has 2 aromatic rings. The molecule has 1 atom stereocenters. The van der Waals surface area contributed by atoms with Crippen LogP contribution < -0.4 is 11.1 Å². The maximum Gasteiger partial charge on any atom is 0.224 e. The zero-order valence-corrected chi connectivity index (χ0v) is 13.6. The topological polar surface area (TPSA) is 55.1 Å². The summed E-state index contributed by atoms with van der Waals surface area (Å²) in [7, 11) is 0. The molecule has 3 heteroatoms. The van der Waals surface area contributed by atoms with Gasteiger partial charge in [0.15, 0.2) is 0 Å². The first-order valence-electron chi connectivity index (χ1n) is 8.33. The average molecular weight is 308 g/mol. The number of nitrogens with one attached hydrogen (secondary N) is 1. The molecule has 0 bridgehead atoms. The van der Waals surface area contributed by atoms with Crippen molar-refractivity contribution in [2.24, 2.45) is 5.73 Å². The first-order valence-corrected chi connectivity index (χ1v) is 8.33. The van der Waals surface area contributed by atoms with Gasteiger partial charge in [0, 0.05) is 12.6 Å². The lowest BCUT2D eigenvalue weighted by Gasteiger charge is -2.09. The average Bonchev–Trinajstić information content (AvgIpc) is 3.01. The summed E-state index contributed by atoms with van der Waals surface area (Å²) in [5, 5.41) is 2.99. The molecule has 0 saturated carbocycles. The van der Waals surface area contributed by atoms with Gasteiger partial charge in [0.25, 0.3) is 0 Å². The minimum atomic E-state index is 0.0402. The van der Waals surface area contributed by atoms with E-state index in [4.69, 9.17) is 5.73 Å². The zero-order valence-electron chi connectivity index (χ0n) is 13.6. The summed E-state index contributed by atoms with van der Waals surface area (Å²) >= 11 is 0. The van der Waals surface area contributed by atoms with Gasteiger partial charge in [-0.2, -0.15) is 0 Å². The highest BCUT2D eigenvalue weighted by atomic mass is 16.1. The van der Waals surface area contributed by atoms with Crippen molar-refractivity contribution in [3.8, 4) is 0 Å². The fourth-order valence-corrected chi connectivity index (χ4v) is 3.12. The van der Waals surface area contributed by atoms with Gasteiger partial charge in [0.2, 0.25) is 5.91 Å². The molecule has 0 heterocycles. The van der Waals surface area contributed by atoms with Gasteiger partial charge in [-0.1, -0.05) is 42.5 Å². The van der Waals surface area contributed by atoms with Crippen LogP contribution in [0.3, 0.4) is 0 Å². The Balaban J connectivity index is 1.53. The van der Waals surface area contributed by atoms with E-state index < -0.39 is 0 Å². The van der Waals surface area contributed by atoms with E-state index in [9.17, 15) is 4.79 Å². The first-order chi connectivity index (χ1) is 11.1. The fraction of sp³-hybridized carbons (Fsp3) is 0.350. The van der Waals surface area contributed by atoms with Gasteiger partial charge in [-0.15, -0.1) is 0 Å². The summed E-state index contributed by atoms with van der Waals surface area (Å²) < 4.78 is 0. The van der Waals surface area contributed by atoms with E-state index in [0.29, 0.717) is 13.0 Å². The number of hydrogen-bond acceptors (Lipinski definition) is 2. The molecule has 1 unspecified atom stereocenters. The lowest BCUT2D eigenvalue weighted by molar-refractivity contribution is -0.120. The highest BCUT2D eigenvalue weighted by Crippen LogP contribution is 2.23. The Labute approximate surface area is 137 Å². The normalized spacial score (nSPS) is 14.3. The van der Waals surface area contributed by atoms with Crippen molar-refractivity contribution in [2.75, 3.05) is 0 Å². The Bertz CT molecular complexity index is 689. The van der Waals surface area contributed by atoms with Crippen LogP contribution >= 0.6 is 0 Å². The number of nitrogens with two attached hydrogens (primary N) is 1. The highest BCUT2D eigenvalue weighted by Gasteiger charge is 2.12. The number of rotatable bonds is 5. The minimum absolute atomic E-state index is 0.0402. The Morgan fingerprint density at radius 3 is 2.52 bits per heavy atom. The molecule has 0 fully saturated rings. The molecule has 23 heavy (non-hydrogen) atoms. The van der Waals surface area contributed by atoms with Crippen LogP contribution in [-0.2, 0) is 30.6 Å². The van der Waals surface area contributed by atoms with Gasteiger partial charge in [-0.3, -0.25) is 4.79 Å². The van der Waals surface area contributed by atoms with Gasteiger partial charge in [-0.05, 0) is 54.0 Å². The van der Waals surface area contributed by atoms with Crippen molar-refractivity contribution in [1.82, 2.24) is 5.32 Å². The van der Waals surface area contributed by atoms with Crippen molar-refractivity contribution in [1.29, 1.82) is 0 Å². The second kappa shape index (κ2) is 6.97. The number of carbonyl (C=O) groups excluding carboxylic acids is 1. The molecule has 0 aromatic heterocycles. The van der Waals surface area contributed by atoms with Crippen LogP contribution in [0.25, 0.3) is 0 Å². The van der Waals surface area contributed by atoms with Crippen molar-refractivity contribution >= 4 is 5.91 Å². The summed E-state index contributed by atoms with van der Waals surface area (Å²) in [5.41, 5.74) is 12.0. The Hall–Kier alpha value is -2.13. The van der Waals surface area contributed by atoms with E-state index in [-0.39, 0.29) is 11.9 Å². The van der Waals surface area contributed by atoms with E-state index in [1.54, 1.807) is 0 Å². The van der Waals surface area contributed by atoms with Gasteiger partial charge in [-0.25, -0.2) is 0 Å². The second-order valence-corrected chi connectivity index (χ2v) is 6.44. The van der Waals surface area contributed by atoms with E-state index >= 15 is 0 Å². The van der Waals surface area contributed by atoms with E-state index in [2.05, 4.69) is 23.5 Å². The maximum atomic E-state index is 12.1. The number of benzene rings is 2. The predicted octanol–water partition coefficient (Wildman–Crippen LogP) is 3.05. The molecule has 3 N–H and O–H groups in total. The van der Waals surface area contributed by atoms with Crippen LogP contribution in [-0.4, -0.2) is 5.91 Å². The molecule has 3 rings (SSSR count). The second-order valence-electron chi connectivity index (χ2n) is 6.44. The molecule has 1 amide bonds. The Kier molecular flexibility index (Phi) is 4.77.